The van der Waals surface area contributed by atoms with E-state index in [9.17, 15) is 0 Å². The van der Waals surface area contributed by atoms with Gasteiger partial charge in [0.25, 0.3) is 0 Å². The van der Waals surface area contributed by atoms with Gasteiger partial charge < -0.3 is 0 Å². The van der Waals surface area contributed by atoms with Gasteiger partial charge in [-0.2, -0.15) is 0 Å². The average Bonchev–Trinajstić information content (AvgIpc) is 2.71. The standard InChI is InChI=1S/C28H34/c1-7-13-28(26-18-12-17-25(20-26)21(3)8-2)24(6)16-11-15-23(5)27-19-10-9-14-22(27)4/h7,9-21,28H,6,8H2,1-5H3/b13-7+,16-11+,23-15+. The molecule has 0 aliphatic heterocycles. The zero-order valence-electron chi connectivity index (χ0n) is 18.1. The van der Waals surface area contributed by atoms with Gasteiger partial charge in [0.1, 0.15) is 0 Å². The van der Waals surface area contributed by atoms with Crippen LogP contribution in [0, 0.1) is 6.92 Å². The highest BCUT2D eigenvalue weighted by Crippen LogP contribution is 2.29. The first-order valence-corrected chi connectivity index (χ1v) is 10.3. The molecular formula is C28H34. The second kappa shape index (κ2) is 10.7. The molecule has 0 aromatic heterocycles. The van der Waals surface area contributed by atoms with Gasteiger partial charge in [-0.25, -0.2) is 0 Å². The van der Waals surface area contributed by atoms with Crippen LogP contribution in [-0.2, 0) is 0 Å². The van der Waals surface area contributed by atoms with Crippen LogP contribution in [0.2, 0.25) is 0 Å². The Morgan fingerprint density at radius 3 is 2.46 bits per heavy atom. The van der Waals surface area contributed by atoms with Gasteiger partial charge in [-0.3, -0.25) is 0 Å². The van der Waals surface area contributed by atoms with Gasteiger partial charge in [-0.05, 0) is 66.5 Å². The minimum Gasteiger partial charge on any atom is -0.0949 e. The molecule has 0 saturated heterocycles. The Hall–Kier alpha value is -2.60. The lowest BCUT2D eigenvalue weighted by molar-refractivity contribution is 0.731. The molecule has 0 aliphatic carbocycles. The fraction of sp³-hybridized carbons (Fsp3) is 0.286. The van der Waals surface area contributed by atoms with E-state index in [0.717, 1.165) is 12.0 Å². The van der Waals surface area contributed by atoms with Crippen LogP contribution in [0.4, 0.5) is 0 Å². The van der Waals surface area contributed by atoms with Gasteiger partial charge in [0, 0.05) is 5.92 Å². The van der Waals surface area contributed by atoms with Gasteiger partial charge in [0.05, 0.1) is 0 Å². The quantitative estimate of drug-likeness (QED) is 0.323. The third-order valence-electron chi connectivity index (χ3n) is 5.46. The topological polar surface area (TPSA) is 0 Å². The number of hydrogen-bond donors (Lipinski definition) is 0. The molecule has 2 unspecified atom stereocenters. The summed E-state index contributed by atoms with van der Waals surface area (Å²) >= 11 is 0. The van der Waals surface area contributed by atoms with E-state index in [4.69, 9.17) is 0 Å². The lowest BCUT2D eigenvalue weighted by Gasteiger charge is -2.17. The van der Waals surface area contributed by atoms with E-state index in [1.54, 1.807) is 0 Å². The van der Waals surface area contributed by atoms with Gasteiger partial charge in [0.15, 0.2) is 0 Å². The van der Waals surface area contributed by atoms with Crippen molar-refractivity contribution in [2.45, 2.75) is 52.9 Å². The smallest absolute Gasteiger partial charge is 0.0263 e. The molecule has 0 N–H and O–H groups in total. The van der Waals surface area contributed by atoms with E-state index < -0.39 is 0 Å². The fourth-order valence-electron chi connectivity index (χ4n) is 3.46. The molecule has 2 aromatic rings. The molecule has 0 spiro atoms. The molecule has 0 radical (unpaired) electrons. The second-order valence-electron chi connectivity index (χ2n) is 7.58. The Balaban J connectivity index is 2.23. The Labute approximate surface area is 172 Å². The summed E-state index contributed by atoms with van der Waals surface area (Å²) in [6, 6.07) is 17.5. The maximum absolute atomic E-state index is 4.36. The largest absolute Gasteiger partial charge is 0.0949 e. The fourth-order valence-corrected chi connectivity index (χ4v) is 3.46. The van der Waals surface area contributed by atoms with Gasteiger partial charge in [-0.1, -0.05) is 99.3 Å². The molecule has 0 bridgehead atoms. The average molecular weight is 371 g/mol. The number of benzene rings is 2. The van der Waals surface area contributed by atoms with Crippen molar-refractivity contribution < 1.29 is 0 Å². The Bertz CT molecular complexity index is 876. The molecule has 146 valence electrons. The van der Waals surface area contributed by atoms with Crippen LogP contribution in [0.15, 0.2) is 91.1 Å². The summed E-state index contributed by atoms with van der Waals surface area (Å²) in [5.41, 5.74) is 7.68. The monoisotopic (exact) mass is 370 g/mol. The first-order valence-electron chi connectivity index (χ1n) is 10.3. The van der Waals surface area contributed by atoms with E-state index in [0.29, 0.717) is 5.92 Å². The van der Waals surface area contributed by atoms with Crippen LogP contribution in [0.25, 0.3) is 5.57 Å². The summed E-state index contributed by atoms with van der Waals surface area (Å²) in [6.07, 6.45) is 12.0. The van der Waals surface area contributed by atoms with Crippen molar-refractivity contribution in [2.24, 2.45) is 0 Å². The SMILES string of the molecule is C=C(/C=C/C=C(\C)c1ccccc1C)C(/C=C/C)c1cccc(C(C)CC)c1. The number of rotatable bonds is 8. The molecule has 0 aliphatic rings. The summed E-state index contributed by atoms with van der Waals surface area (Å²) < 4.78 is 0. The van der Waals surface area contributed by atoms with E-state index in [1.807, 2.05) is 0 Å². The van der Waals surface area contributed by atoms with E-state index in [1.165, 1.54) is 27.8 Å². The first-order chi connectivity index (χ1) is 13.5. The van der Waals surface area contributed by atoms with Crippen LogP contribution in [0.5, 0.6) is 0 Å². The normalized spacial score (nSPS) is 14.5. The molecule has 0 heteroatoms. The third-order valence-corrected chi connectivity index (χ3v) is 5.46. The number of allylic oxidation sites excluding steroid dienone is 7. The summed E-state index contributed by atoms with van der Waals surface area (Å²) in [5.74, 6) is 0.784. The van der Waals surface area contributed by atoms with Crippen molar-refractivity contribution in [3.63, 3.8) is 0 Å². The van der Waals surface area contributed by atoms with Crippen LogP contribution in [-0.4, -0.2) is 0 Å². The Morgan fingerprint density at radius 2 is 1.79 bits per heavy atom. The predicted molar refractivity (Wildman–Crippen MR) is 126 cm³/mol. The predicted octanol–water partition coefficient (Wildman–Crippen LogP) is 8.38. The minimum atomic E-state index is 0.206. The van der Waals surface area contributed by atoms with Crippen molar-refractivity contribution in [3.8, 4) is 0 Å². The Kier molecular flexibility index (Phi) is 8.26. The summed E-state index contributed by atoms with van der Waals surface area (Å²) in [4.78, 5) is 0. The summed E-state index contributed by atoms with van der Waals surface area (Å²) in [5, 5.41) is 0. The molecule has 0 fully saturated rings. The molecule has 2 aromatic carbocycles. The summed E-state index contributed by atoms with van der Waals surface area (Å²) in [6.45, 7) is 15.3. The zero-order valence-corrected chi connectivity index (χ0v) is 18.1. The molecule has 0 saturated carbocycles. The lowest BCUT2D eigenvalue weighted by atomic mass is 9.88. The third kappa shape index (κ3) is 5.70. The van der Waals surface area contributed by atoms with E-state index in [2.05, 4.69) is 120 Å². The highest BCUT2D eigenvalue weighted by atomic mass is 14.2. The van der Waals surface area contributed by atoms with Gasteiger partial charge in [0.2, 0.25) is 0 Å². The van der Waals surface area contributed by atoms with Crippen molar-refractivity contribution in [3.05, 3.63) is 113 Å². The van der Waals surface area contributed by atoms with Crippen molar-refractivity contribution in [2.75, 3.05) is 0 Å². The first kappa shape index (κ1) is 21.7. The minimum absolute atomic E-state index is 0.206. The maximum atomic E-state index is 4.36. The maximum Gasteiger partial charge on any atom is 0.0263 e. The molecule has 28 heavy (non-hydrogen) atoms. The van der Waals surface area contributed by atoms with Crippen LogP contribution in [0.3, 0.4) is 0 Å². The summed E-state index contributed by atoms with van der Waals surface area (Å²) in [7, 11) is 0. The highest BCUT2D eigenvalue weighted by molar-refractivity contribution is 5.67. The lowest BCUT2D eigenvalue weighted by Crippen LogP contribution is -2.00. The molecule has 2 rings (SSSR count). The highest BCUT2D eigenvalue weighted by Gasteiger charge is 2.12. The molecule has 0 heterocycles. The van der Waals surface area contributed by atoms with Crippen LogP contribution in [0.1, 0.15) is 68.2 Å². The second-order valence-corrected chi connectivity index (χ2v) is 7.58. The number of hydrogen-bond acceptors (Lipinski definition) is 0. The van der Waals surface area contributed by atoms with Crippen LogP contribution < -0.4 is 0 Å². The molecule has 0 amide bonds. The molecular weight excluding hydrogens is 336 g/mol. The van der Waals surface area contributed by atoms with Crippen LogP contribution >= 0.6 is 0 Å². The van der Waals surface area contributed by atoms with Crippen molar-refractivity contribution in [1.82, 2.24) is 0 Å². The molecule has 2 atom stereocenters. The van der Waals surface area contributed by atoms with Crippen molar-refractivity contribution in [1.29, 1.82) is 0 Å². The van der Waals surface area contributed by atoms with E-state index in [-0.39, 0.29) is 5.92 Å². The van der Waals surface area contributed by atoms with E-state index >= 15 is 0 Å². The van der Waals surface area contributed by atoms with Gasteiger partial charge >= 0.3 is 0 Å². The van der Waals surface area contributed by atoms with Crippen molar-refractivity contribution >= 4 is 5.57 Å². The number of aryl methyl sites for hydroxylation is 1. The Morgan fingerprint density at radius 1 is 1.07 bits per heavy atom. The van der Waals surface area contributed by atoms with Gasteiger partial charge in [-0.15, -0.1) is 0 Å². The molecule has 0 nitrogen and oxygen atoms in total. The zero-order chi connectivity index (χ0) is 20.5.